The molecule has 7 heteroatoms. The molecule has 0 radical (unpaired) electrons. The van der Waals surface area contributed by atoms with E-state index in [2.05, 4.69) is 23.2 Å². The maximum absolute atomic E-state index is 12.8. The summed E-state index contributed by atoms with van der Waals surface area (Å²) in [5.41, 5.74) is 3.03. The van der Waals surface area contributed by atoms with E-state index in [0.29, 0.717) is 22.1 Å². The van der Waals surface area contributed by atoms with E-state index in [1.54, 1.807) is 12.1 Å². The highest BCUT2D eigenvalue weighted by atomic mass is 35.5. The van der Waals surface area contributed by atoms with Gasteiger partial charge in [-0.1, -0.05) is 48.5 Å². The van der Waals surface area contributed by atoms with Crippen LogP contribution in [0.2, 0.25) is 5.02 Å². The smallest absolute Gasteiger partial charge is 0.277 e. The molecule has 0 saturated carbocycles. The first-order valence-corrected chi connectivity index (χ1v) is 10.1. The highest BCUT2D eigenvalue weighted by molar-refractivity contribution is 7.99. The van der Waals surface area contributed by atoms with Crippen molar-refractivity contribution in [2.75, 3.05) is 17.2 Å². The third-order valence-electron chi connectivity index (χ3n) is 4.66. The number of fused-ring (bicyclic) bond motifs is 1. The van der Waals surface area contributed by atoms with Gasteiger partial charge < -0.3 is 9.32 Å². The molecule has 27 heavy (non-hydrogen) atoms. The normalized spacial score (nSPS) is 16.2. The molecule has 1 unspecified atom stereocenters. The van der Waals surface area contributed by atoms with E-state index in [4.69, 9.17) is 16.0 Å². The summed E-state index contributed by atoms with van der Waals surface area (Å²) in [4.78, 5) is 14.6. The molecular weight excluding hydrogens is 382 g/mol. The zero-order valence-electron chi connectivity index (χ0n) is 14.8. The zero-order chi connectivity index (χ0) is 18.8. The third-order valence-corrected chi connectivity index (χ3v) is 5.72. The van der Waals surface area contributed by atoms with Crippen LogP contribution in [0.5, 0.6) is 0 Å². The SMILES string of the molecule is CC1CCN(C(=O)CSc2nnc(-c3ccc(Cl)cc3)o2)c2ccccc21. The van der Waals surface area contributed by atoms with Gasteiger partial charge in [0.1, 0.15) is 0 Å². The average Bonchev–Trinajstić information content (AvgIpc) is 3.16. The fraction of sp³-hybridized carbons (Fsp3) is 0.250. The second-order valence-corrected chi connectivity index (χ2v) is 7.83. The summed E-state index contributed by atoms with van der Waals surface area (Å²) in [5, 5.41) is 9.11. The second kappa shape index (κ2) is 7.74. The fourth-order valence-corrected chi connectivity index (χ4v) is 3.95. The molecule has 0 spiro atoms. The lowest BCUT2D eigenvalue weighted by Gasteiger charge is -2.32. The van der Waals surface area contributed by atoms with Crippen LogP contribution in [0, 0.1) is 0 Å². The molecule has 3 aromatic rings. The van der Waals surface area contributed by atoms with E-state index in [0.717, 1.165) is 24.2 Å². The van der Waals surface area contributed by atoms with Gasteiger partial charge in [0, 0.05) is 22.8 Å². The van der Waals surface area contributed by atoms with E-state index in [9.17, 15) is 4.79 Å². The molecule has 0 aliphatic carbocycles. The molecule has 1 aromatic heterocycles. The molecule has 1 aliphatic heterocycles. The summed E-state index contributed by atoms with van der Waals surface area (Å²) < 4.78 is 5.66. The van der Waals surface area contributed by atoms with Crippen LogP contribution in [0.15, 0.2) is 58.2 Å². The molecule has 1 aliphatic rings. The minimum absolute atomic E-state index is 0.0468. The highest BCUT2D eigenvalue weighted by Gasteiger charge is 2.26. The standard InChI is InChI=1S/C20H18ClN3O2S/c1-13-10-11-24(17-5-3-2-4-16(13)17)18(25)12-27-20-23-22-19(26-20)14-6-8-15(21)9-7-14/h2-9,13H,10-12H2,1H3. The first-order chi connectivity index (χ1) is 13.1. The predicted molar refractivity (Wildman–Crippen MR) is 107 cm³/mol. The van der Waals surface area contributed by atoms with Gasteiger partial charge in [0.25, 0.3) is 5.22 Å². The number of nitrogens with zero attached hydrogens (tertiary/aromatic N) is 3. The number of halogens is 1. The van der Waals surface area contributed by atoms with Gasteiger partial charge in [-0.3, -0.25) is 4.79 Å². The van der Waals surface area contributed by atoms with Crippen LogP contribution < -0.4 is 4.90 Å². The first kappa shape index (κ1) is 18.1. The van der Waals surface area contributed by atoms with Crippen molar-refractivity contribution in [3.63, 3.8) is 0 Å². The van der Waals surface area contributed by atoms with Crippen molar-refractivity contribution in [3.05, 3.63) is 59.1 Å². The topological polar surface area (TPSA) is 59.2 Å². The van der Waals surface area contributed by atoms with Gasteiger partial charge in [-0.25, -0.2) is 0 Å². The lowest BCUT2D eigenvalue weighted by Crippen LogP contribution is -2.37. The number of benzene rings is 2. The van der Waals surface area contributed by atoms with E-state index in [1.807, 2.05) is 35.2 Å². The Hall–Kier alpha value is -2.31. The first-order valence-electron chi connectivity index (χ1n) is 8.73. The lowest BCUT2D eigenvalue weighted by atomic mass is 9.91. The van der Waals surface area contributed by atoms with Gasteiger partial charge in [0.15, 0.2) is 0 Å². The van der Waals surface area contributed by atoms with Gasteiger partial charge in [-0.2, -0.15) is 0 Å². The summed E-state index contributed by atoms with van der Waals surface area (Å²) in [7, 11) is 0. The number of rotatable bonds is 4. The minimum atomic E-state index is 0.0468. The number of carbonyl (C=O) groups is 1. The van der Waals surface area contributed by atoms with Crippen molar-refractivity contribution >= 4 is 35.0 Å². The Bertz CT molecular complexity index is 958. The maximum atomic E-state index is 12.8. The van der Waals surface area contributed by atoms with Crippen molar-refractivity contribution in [3.8, 4) is 11.5 Å². The van der Waals surface area contributed by atoms with Gasteiger partial charge >= 0.3 is 0 Å². The molecule has 0 N–H and O–H groups in total. The highest BCUT2D eigenvalue weighted by Crippen LogP contribution is 2.35. The Labute approximate surface area is 166 Å². The van der Waals surface area contributed by atoms with Gasteiger partial charge in [0.2, 0.25) is 11.8 Å². The maximum Gasteiger partial charge on any atom is 0.277 e. The van der Waals surface area contributed by atoms with E-state index >= 15 is 0 Å². The van der Waals surface area contributed by atoms with Crippen molar-refractivity contribution in [1.82, 2.24) is 10.2 Å². The molecule has 2 heterocycles. The molecule has 4 rings (SSSR count). The number of hydrogen-bond acceptors (Lipinski definition) is 5. The number of hydrogen-bond donors (Lipinski definition) is 0. The van der Waals surface area contributed by atoms with Crippen LogP contribution in [0.25, 0.3) is 11.5 Å². The quantitative estimate of drug-likeness (QED) is 0.576. The number of amides is 1. The van der Waals surface area contributed by atoms with Crippen molar-refractivity contribution in [1.29, 1.82) is 0 Å². The van der Waals surface area contributed by atoms with Crippen LogP contribution >= 0.6 is 23.4 Å². The Morgan fingerprint density at radius 3 is 2.81 bits per heavy atom. The minimum Gasteiger partial charge on any atom is -0.411 e. The van der Waals surface area contributed by atoms with Gasteiger partial charge in [0.05, 0.1) is 5.75 Å². The molecule has 0 saturated heterocycles. The summed E-state index contributed by atoms with van der Waals surface area (Å²) in [6, 6.07) is 15.3. The van der Waals surface area contributed by atoms with Gasteiger partial charge in [-0.05, 0) is 48.2 Å². The molecule has 2 aromatic carbocycles. The second-order valence-electron chi connectivity index (χ2n) is 6.46. The summed E-state index contributed by atoms with van der Waals surface area (Å²) in [6.07, 6.45) is 0.967. The molecule has 0 bridgehead atoms. The van der Waals surface area contributed by atoms with E-state index in [1.165, 1.54) is 17.3 Å². The Balaban J connectivity index is 1.43. The van der Waals surface area contributed by atoms with Crippen molar-refractivity contribution < 1.29 is 9.21 Å². The van der Waals surface area contributed by atoms with Crippen LogP contribution in [0.1, 0.15) is 24.8 Å². The predicted octanol–water partition coefficient (Wildman–Crippen LogP) is 5.02. The molecule has 5 nitrogen and oxygen atoms in total. The number of thioether (sulfide) groups is 1. The van der Waals surface area contributed by atoms with Crippen LogP contribution in [0.4, 0.5) is 5.69 Å². The van der Waals surface area contributed by atoms with Gasteiger partial charge in [-0.15, -0.1) is 10.2 Å². The monoisotopic (exact) mass is 399 g/mol. The number of aromatic nitrogens is 2. The molecule has 1 amide bonds. The van der Waals surface area contributed by atoms with Crippen molar-refractivity contribution in [2.45, 2.75) is 24.5 Å². The number of para-hydroxylation sites is 1. The van der Waals surface area contributed by atoms with E-state index in [-0.39, 0.29) is 11.7 Å². The summed E-state index contributed by atoms with van der Waals surface area (Å²) in [6.45, 7) is 2.93. The van der Waals surface area contributed by atoms with E-state index < -0.39 is 0 Å². The largest absolute Gasteiger partial charge is 0.411 e. The van der Waals surface area contributed by atoms with Crippen molar-refractivity contribution in [2.24, 2.45) is 0 Å². The van der Waals surface area contributed by atoms with Crippen LogP contribution in [-0.4, -0.2) is 28.4 Å². The zero-order valence-corrected chi connectivity index (χ0v) is 16.3. The fourth-order valence-electron chi connectivity index (χ4n) is 3.19. The average molecular weight is 400 g/mol. The Kier molecular flexibility index (Phi) is 5.18. The molecule has 0 fully saturated rings. The summed E-state index contributed by atoms with van der Waals surface area (Å²) in [5.74, 6) is 1.19. The number of carbonyl (C=O) groups excluding carboxylic acids is 1. The molecule has 1 atom stereocenters. The summed E-state index contributed by atoms with van der Waals surface area (Å²) >= 11 is 7.15. The van der Waals surface area contributed by atoms with Crippen LogP contribution in [0.3, 0.4) is 0 Å². The Morgan fingerprint density at radius 2 is 2.00 bits per heavy atom. The lowest BCUT2D eigenvalue weighted by molar-refractivity contribution is -0.116. The van der Waals surface area contributed by atoms with Crippen LogP contribution in [-0.2, 0) is 4.79 Å². The Morgan fingerprint density at radius 1 is 1.22 bits per heavy atom. The third kappa shape index (κ3) is 3.87. The molecular formula is C20H18ClN3O2S. The molecule has 138 valence electrons. The number of anilines is 1.